The summed E-state index contributed by atoms with van der Waals surface area (Å²) >= 11 is 3.27. The Morgan fingerprint density at radius 1 is 1.18 bits per heavy atom. The zero-order chi connectivity index (χ0) is 14.9. The van der Waals surface area contributed by atoms with Crippen LogP contribution in [0.3, 0.4) is 0 Å². The smallest absolute Gasteiger partial charge is 0.142 e. The van der Waals surface area contributed by atoms with Gasteiger partial charge in [-0.15, -0.1) is 22.7 Å². The minimum Gasteiger partial charge on any atom is -0.328 e. The van der Waals surface area contributed by atoms with Crippen molar-refractivity contribution in [3.63, 3.8) is 0 Å². The van der Waals surface area contributed by atoms with Crippen LogP contribution in [0.5, 0.6) is 0 Å². The van der Waals surface area contributed by atoms with Crippen LogP contribution in [0, 0.1) is 0 Å². The highest BCUT2D eigenvalue weighted by molar-refractivity contribution is 7.14. The van der Waals surface area contributed by atoms with Gasteiger partial charge in [-0.1, -0.05) is 0 Å². The predicted octanol–water partition coefficient (Wildman–Crippen LogP) is 3.62. The molecule has 0 N–H and O–H groups in total. The fourth-order valence-corrected chi connectivity index (χ4v) is 4.06. The average Bonchev–Trinajstić information content (AvgIpc) is 3.26. The zero-order valence-corrected chi connectivity index (χ0v) is 13.6. The molecule has 0 amide bonds. The Hall–Kier alpha value is -2.12. The van der Waals surface area contributed by atoms with Crippen molar-refractivity contribution in [2.45, 2.75) is 19.9 Å². The summed E-state index contributed by atoms with van der Waals surface area (Å²) in [7, 11) is 0. The van der Waals surface area contributed by atoms with Crippen LogP contribution in [0.4, 0.5) is 0 Å². The second-order valence-electron chi connectivity index (χ2n) is 4.77. The Labute approximate surface area is 135 Å². The van der Waals surface area contributed by atoms with E-state index in [1.165, 1.54) is 4.88 Å². The summed E-state index contributed by atoms with van der Waals surface area (Å²) in [5, 5.41) is 2.95. The molecule has 110 valence electrons. The topological polar surface area (TPSA) is 56.5 Å². The molecule has 0 spiro atoms. The number of hydrogen-bond acceptors (Lipinski definition) is 6. The van der Waals surface area contributed by atoms with Gasteiger partial charge in [0.1, 0.15) is 22.0 Å². The summed E-state index contributed by atoms with van der Waals surface area (Å²) in [5.74, 6) is 1.05. The van der Waals surface area contributed by atoms with Crippen molar-refractivity contribution in [2.24, 2.45) is 0 Å². The van der Waals surface area contributed by atoms with E-state index in [0.29, 0.717) is 0 Å². The highest BCUT2D eigenvalue weighted by Gasteiger charge is 2.16. The second kappa shape index (κ2) is 5.58. The molecule has 5 nitrogen and oxygen atoms in total. The van der Waals surface area contributed by atoms with E-state index in [2.05, 4.69) is 26.4 Å². The molecule has 0 aliphatic heterocycles. The maximum absolute atomic E-state index is 4.74. The van der Waals surface area contributed by atoms with Crippen molar-refractivity contribution in [1.82, 2.24) is 24.5 Å². The molecule has 22 heavy (non-hydrogen) atoms. The summed E-state index contributed by atoms with van der Waals surface area (Å²) in [4.78, 5) is 19.0. The number of hydrogen-bond donors (Lipinski definition) is 0. The fourth-order valence-electron chi connectivity index (χ4n) is 2.57. The van der Waals surface area contributed by atoms with Crippen LogP contribution in [-0.2, 0) is 13.0 Å². The lowest BCUT2D eigenvalue weighted by Gasteiger charge is -2.05. The molecule has 0 fully saturated rings. The first-order valence-corrected chi connectivity index (χ1v) is 8.74. The molecule has 0 saturated carbocycles. The molecule has 0 saturated heterocycles. The van der Waals surface area contributed by atoms with Crippen LogP contribution in [-0.4, -0.2) is 24.5 Å². The van der Waals surface area contributed by atoms with Crippen molar-refractivity contribution in [3.8, 4) is 10.7 Å². The van der Waals surface area contributed by atoms with Gasteiger partial charge in [-0.2, -0.15) is 0 Å². The average molecular weight is 327 g/mol. The third-order valence-corrected chi connectivity index (χ3v) is 5.15. The molecule has 0 aliphatic rings. The van der Waals surface area contributed by atoms with E-state index in [-0.39, 0.29) is 0 Å². The maximum Gasteiger partial charge on any atom is 0.142 e. The summed E-state index contributed by atoms with van der Waals surface area (Å²) < 4.78 is 2.24. The molecule has 0 aliphatic carbocycles. The number of aromatic nitrogens is 5. The van der Waals surface area contributed by atoms with Gasteiger partial charge in [0.2, 0.25) is 0 Å². The first-order chi connectivity index (χ1) is 10.9. The summed E-state index contributed by atoms with van der Waals surface area (Å²) in [5.41, 5.74) is 4.94. The molecular weight excluding hydrogens is 314 g/mol. The Bertz CT molecular complexity index is 907. The van der Waals surface area contributed by atoms with Crippen molar-refractivity contribution in [3.05, 3.63) is 46.2 Å². The summed E-state index contributed by atoms with van der Waals surface area (Å²) in [6.45, 7) is 3.03. The van der Waals surface area contributed by atoms with Crippen LogP contribution in [0.25, 0.3) is 21.7 Å². The maximum atomic E-state index is 4.74. The van der Waals surface area contributed by atoms with Crippen LogP contribution in [0.15, 0.2) is 35.5 Å². The van der Waals surface area contributed by atoms with Gasteiger partial charge in [-0.3, -0.25) is 4.98 Å². The number of aryl methyl sites for hydroxylation is 1. The monoisotopic (exact) mass is 327 g/mol. The van der Waals surface area contributed by atoms with Gasteiger partial charge in [0.25, 0.3) is 0 Å². The SMILES string of the molecule is CCn1c(Cc2scnc2-c2nccs2)nc2cnccc21. The van der Waals surface area contributed by atoms with Crippen LogP contribution < -0.4 is 0 Å². The number of fused-ring (bicyclic) bond motifs is 1. The fraction of sp³-hybridized carbons (Fsp3) is 0.200. The molecule has 0 atom stereocenters. The molecule has 7 heteroatoms. The Balaban J connectivity index is 1.77. The lowest BCUT2D eigenvalue weighted by molar-refractivity contribution is 0.736. The summed E-state index contributed by atoms with van der Waals surface area (Å²) in [6.07, 6.45) is 6.21. The van der Waals surface area contributed by atoms with E-state index in [0.717, 1.165) is 40.5 Å². The third kappa shape index (κ3) is 2.22. The van der Waals surface area contributed by atoms with Gasteiger partial charge in [-0.05, 0) is 13.0 Å². The lowest BCUT2D eigenvalue weighted by Crippen LogP contribution is -2.02. The number of pyridine rings is 1. The van der Waals surface area contributed by atoms with Crippen molar-refractivity contribution in [2.75, 3.05) is 0 Å². The summed E-state index contributed by atoms with van der Waals surface area (Å²) in [6, 6.07) is 2.02. The van der Waals surface area contributed by atoms with Gasteiger partial charge >= 0.3 is 0 Å². The van der Waals surface area contributed by atoms with E-state index < -0.39 is 0 Å². The highest BCUT2D eigenvalue weighted by atomic mass is 32.1. The van der Waals surface area contributed by atoms with E-state index in [9.17, 15) is 0 Å². The van der Waals surface area contributed by atoms with E-state index in [1.54, 1.807) is 22.7 Å². The van der Waals surface area contributed by atoms with E-state index >= 15 is 0 Å². The normalized spacial score (nSPS) is 11.3. The number of imidazole rings is 1. The zero-order valence-electron chi connectivity index (χ0n) is 11.9. The largest absolute Gasteiger partial charge is 0.328 e. The molecule has 0 aromatic carbocycles. The van der Waals surface area contributed by atoms with Crippen LogP contribution in [0.1, 0.15) is 17.6 Å². The molecule has 0 unspecified atom stereocenters. The van der Waals surface area contributed by atoms with Crippen molar-refractivity contribution in [1.29, 1.82) is 0 Å². The van der Waals surface area contributed by atoms with Crippen LogP contribution in [0.2, 0.25) is 0 Å². The highest BCUT2D eigenvalue weighted by Crippen LogP contribution is 2.29. The molecule has 4 rings (SSSR count). The van der Waals surface area contributed by atoms with Gasteiger partial charge < -0.3 is 4.57 Å². The number of thiazole rings is 2. The van der Waals surface area contributed by atoms with Crippen molar-refractivity contribution < 1.29 is 0 Å². The van der Waals surface area contributed by atoms with Gasteiger partial charge in [0.15, 0.2) is 0 Å². The number of nitrogens with zero attached hydrogens (tertiary/aromatic N) is 5. The molecule has 0 bridgehead atoms. The van der Waals surface area contributed by atoms with Crippen LogP contribution >= 0.6 is 22.7 Å². The quantitative estimate of drug-likeness (QED) is 0.574. The predicted molar refractivity (Wildman–Crippen MR) is 89.2 cm³/mol. The minimum atomic E-state index is 0.766. The van der Waals surface area contributed by atoms with E-state index in [4.69, 9.17) is 4.98 Å². The minimum absolute atomic E-state index is 0.766. The Morgan fingerprint density at radius 3 is 2.95 bits per heavy atom. The first kappa shape index (κ1) is 13.5. The molecule has 0 radical (unpaired) electrons. The Kier molecular flexibility index (Phi) is 3.44. The first-order valence-electron chi connectivity index (χ1n) is 6.98. The third-order valence-electron chi connectivity index (χ3n) is 3.54. The van der Waals surface area contributed by atoms with Gasteiger partial charge in [0, 0.05) is 35.6 Å². The lowest BCUT2D eigenvalue weighted by atomic mass is 10.3. The standard InChI is InChI=1S/C15H13N5S2/c1-2-20-11-3-4-16-8-10(11)19-13(20)7-12-14(18-9-22-12)15-17-5-6-21-15/h3-6,8-9H,2,7H2,1H3. The Morgan fingerprint density at radius 2 is 2.14 bits per heavy atom. The van der Waals surface area contributed by atoms with E-state index in [1.807, 2.05) is 35.5 Å². The molecular formula is C15H13N5S2. The second-order valence-corrected chi connectivity index (χ2v) is 6.61. The van der Waals surface area contributed by atoms with Crippen molar-refractivity contribution >= 4 is 33.7 Å². The molecule has 4 aromatic heterocycles. The van der Waals surface area contributed by atoms with Gasteiger partial charge in [-0.25, -0.2) is 15.0 Å². The molecule has 4 heterocycles. The number of rotatable bonds is 4. The molecule has 4 aromatic rings. The van der Waals surface area contributed by atoms with Gasteiger partial charge in [0.05, 0.1) is 17.2 Å².